The molecule has 0 aromatic heterocycles. The van der Waals surface area contributed by atoms with Gasteiger partial charge in [-0.3, -0.25) is 0 Å². The van der Waals surface area contributed by atoms with Crippen LogP contribution in [0.5, 0.6) is 0 Å². The highest BCUT2D eigenvalue weighted by molar-refractivity contribution is 5.15. The Morgan fingerprint density at radius 1 is 1.44 bits per heavy atom. The van der Waals surface area contributed by atoms with Gasteiger partial charge < -0.3 is 0 Å². The lowest BCUT2D eigenvalue weighted by Crippen LogP contribution is -1.80. The Labute approximate surface area is 56.7 Å². The van der Waals surface area contributed by atoms with Gasteiger partial charge in [-0.05, 0) is 6.92 Å². The van der Waals surface area contributed by atoms with Crippen LogP contribution in [0, 0.1) is 42.4 Å². The lowest BCUT2D eigenvalue weighted by molar-refractivity contribution is 1.02. The van der Waals surface area contributed by atoms with E-state index in [2.05, 4.69) is 23.7 Å². The van der Waals surface area contributed by atoms with E-state index in [-0.39, 0.29) is 5.92 Å². The van der Waals surface area contributed by atoms with Gasteiger partial charge in [0.05, 0.1) is 12.3 Å². The molecule has 0 amide bonds. The fraction of sp³-hybridized carbons (Fsp3) is 0.333. The minimum Gasteiger partial charge on any atom is -0.119 e. The van der Waals surface area contributed by atoms with Crippen LogP contribution in [-0.2, 0) is 0 Å². The Kier molecular flexibility index (Phi) is 4.12. The smallest absolute Gasteiger partial charge is 0.0781 e. The zero-order chi connectivity index (χ0) is 7.11. The standard InChI is InChI=1S/C9H8/c1-4-6-7-8-9(3)5-2/h1-2,9H,6H2,3H3. The van der Waals surface area contributed by atoms with Gasteiger partial charge in [-0.1, -0.05) is 23.7 Å². The molecule has 1 unspecified atom stereocenters. The van der Waals surface area contributed by atoms with Crippen LogP contribution in [0.15, 0.2) is 0 Å². The Morgan fingerprint density at radius 3 is 2.56 bits per heavy atom. The molecule has 0 heteroatoms. The number of terminal acetylenes is 2. The van der Waals surface area contributed by atoms with Crippen molar-refractivity contribution >= 4 is 0 Å². The fourth-order valence-corrected chi connectivity index (χ4v) is 0.297. The van der Waals surface area contributed by atoms with Gasteiger partial charge in [0.25, 0.3) is 0 Å². The third-order valence-electron chi connectivity index (χ3n) is 0.759. The molecule has 0 spiro atoms. The summed E-state index contributed by atoms with van der Waals surface area (Å²) >= 11 is 0. The van der Waals surface area contributed by atoms with E-state index in [1.807, 2.05) is 6.92 Å². The maximum absolute atomic E-state index is 5.05. The van der Waals surface area contributed by atoms with Crippen LogP contribution in [0.25, 0.3) is 0 Å². The lowest BCUT2D eigenvalue weighted by atomic mass is 10.2. The average Bonchev–Trinajstić information content (AvgIpc) is 1.89. The summed E-state index contributed by atoms with van der Waals surface area (Å²) in [4.78, 5) is 0. The molecular formula is C9H8. The van der Waals surface area contributed by atoms with Gasteiger partial charge in [-0.15, -0.1) is 12.8 Å². The van der Waals surface area contributed by atoms with E-state index < -0.39 is 0 Å². The molecule has 44 valence electrons. The van der Waals surface area contributed by atoms with Crippen molar-refractivity contribution in [1.82, 2.24) is 0 Å². The largest absolute Gasteiger partial charge is 0.119 e. The molecule has 0 saturated carbocycles. The van der Waals surface area contributed by atoms with Gasteiger partial charge >= 0.3 is 0 Å². The summed E-state index contributed by atoms with van der Waals surface area (Å²) < 4.78 is 0. The highest BCUT2D eigenvalue weighted by Gasteiger charge is 1.82. The number of hydrogen-bond acceptors (Lipinski definition) is 0. The molecule has 0 aromatic carbocycles. The summed E-state index contributed by atoms with van der Waals surface area (Å²) in [6.07, 6.45) is 10.5. The zero-order valence-electron chi connectivity index (χ0n) is 5.44. The molecule has 0 N–H and O–H groups in total. The predicted molar refractivity (Wildman–Crippen MR) is 39.2 cm³/mol. The second-order valence-electron chi connectivity index (χ2n) is 1.59. The maximum Gasteiger partial charge on any atom is 0.0781 e. The first-order valence-corrected chi connectivity index (χ1v) is 2.69. The van der Waals surface area contributed by atoms with E-state index in [1.165, 1.54) is 0 Å². The summed E-state index contributed by atoms with van der Waals surface area (Å²) in [5.41, 5.74) is 0. The molecule has 0 aliphatic heterocycles. The highest BCUT2D eigenvalue weighted by Crippen LogP contribution is 1.86. The van der Waals surface area contributed by atoms with E-state index in [0.29, 0.717) is 6.42 Å². The van der Waals surface area contributed by atoms with Crippen molar-refractivity contribution in [3.63, 3.8) is 0 Å². The second kappa shape index (κ2) is 4.83. The highest BCUT2D eigenvalue weighted by atomic mass is 13.8. The minimum atomic E-state index is 0.0262. The summed E-state index contributed by atoms with van der Waals surface area (Å²) in [6.45, 7) is 1.86. The first-order chi connectivity index (χ1) is 4.31. The molecular weight excluding hydrogens is 108 g/mol. The van der Waals surface area contributed by atoms with Crippen molar-refractivity contribution in [2.45, 2.75) is 13.3 Å². The Balaban J connectivity index is 3.65. The molecule has 0 aliphatic carbocycles. The van der Waals surface area contributed by atoms with Crippen LogP contribution < -0.4 is 0 Å². The van der Waals surface area contributed by atoms with E-state index in [1.54, 1.807) is 0 Å². The maximum atomic E-state index is 5.05. The van der Waals surface area contributed by atoms with Gasteiger partial charge in [0.1, 0.15) is 0 Å². The fourth-order valence-electron chi connectivity index (χ4n) is 0.297. The van der Waals surface area contributed by atoms with Crippen LogP contribution in [0.4, 0.5) is 0 Å². The third kappa shape index (κ3) is 4.53. The average molecular weight is 116 g/mol. The third-order valence-corrected chi connectivity index (χ3v) is 0.759. The molecule has 0 bridgehead atoms. The molecule has 0 nitrogen and oxygen atoms in total. The number of hydrogen-bond donors (Lipinski definition) is 0. The Morgan fingerprint density at radius 2 is 2.11 bits per heavy atom. The van der Waals surface area contributed by atoms with E-state index >= 15 is 0 Å². The summed E-state index contributed by atoms with van der Waals surface area (Å²) in [5, 5.41) is 0. The van der Waals surface area contributed by atoms with Crippen LogP contribution in [0.2, 0.25) is 0 Å². The van der Waals surface area contributed by atoms with Crippen molar-refractivity contribution in [2.75, 3.05) is 0 Å². The molecule has 9 heavy (non-hydrogen) atoms. The summed E-state index contributed by atoms with van der Waals surface area (Å²) in [7, 11) is 0. The van der Waals surface area contributed by atoms with E-state index in [9.17, 15) is 0 Å². The minimum absolute atomic E-state index is 0.0262. The molecule has 0 aromatic rings. The lowest BCUT2D eigenvalue weighted by Gasteiger charge is -1.84. The van der Waals surface area contributed by atoms with Crippen LogP contribution in [0.3, 0.4) is 0 Å². The van der Waals surface area contributed by atoms with Crippen molar-refractivity contribution in [2.24, 2.45) is 5.92 Å². The first-order valence-electron chi connectivity index (χ1n) is 2.69. The predicted octanol–water partition coefficient (Wildman–Crippen LogP) is 1.28. The topological polar surface area (TPSA) is 0 Å². The van der Waals surface area contributed by atoms with Crippen LogP contribution in [0.1, 0.15) is 13.3 Å². The van der Waals surface area contributed by atoms with Gasteiger partial charge in [0, 0.05) is 0 Å². The van der Waals surface area contributed by atoms with Gasteiger partial charge in [-0.25, -0.2) is 0 Å². The molecule has 0 saturated heterocycles. The first kappa shape index (κ1) is 7.68. The monoisotopic (exact) mass is 116 g/mol. The van der Waals surface area contributed by atoms with Gasteiger partial charge in [-0.2, -0.15) is 0 Å². The quantitative estimate of drug-likeness (QED) is 0.418. The molecule has 0 heterocycles. The molecule has 0 rings (SSSR count). The zero-order valence-corrected chi connectivity index (χ0v) is 5.44. The van der Waals surface area contributed by atoms with Crippen molar-refractivity contribution in [3.05, 3.63) is 0 Å². The summed E-state index contributed by atoms with van der Waals surface area (Å²) in [6, 6.07) is 0. The molecule has 0 fully saturated rings. The van der Waals surface area contributed by atoms with Gasteiger partial charge in [0.15, 0.2) is 0 Å². The van der Waals surface area contributed by atoms with E-state index in [0.717, 1.165) is 0 Å². The second-order valence-corrected chi connectivity index (χ2v) is 1.59. The number of rotatable bonds is 0. The SMILES string of the molecule is C#CCC#CC(C)C#C. The Hall–Kier alpha value is -1.32. The summed E-state index contributed by atoms with van der Waals surface area (Å²) in [5.74, 6) is 10.5. The molecule has 1 atom stereocenters. The van der Waals surface area contributed by atoms with Crippen molar-refractivity contribution in [1.29, 1.82) is 0 Å². The Bertz CT molecular complexity index is 199. The van der Waals surface area contributed by atoms with Crippen molar-refractivity contribution < 1.29 is 0 Å². The van der Waals surface area contributed by atoms with Crippen LogP contribution >= 0.6 is 0 Å². The van der Waals surface area contributed by atoms with E-state index in [4.69, 9.17) is 12.8 Å². The van der Waals surface area contributed by atoms with Crippen molar-refractivity contribution in [3.8, 4) is 36.5 Å². The normalized spacial score (nSPS) is 9.67. The van der Waals surface area contributed by atoms with Gasteiger partial charge in [0.2, 0.25) is 0 Å². The van der Waals surface area contributed by atoms with Crippen LogP contribution in [-0.4, -0.2) is 0 Å². The molecule has 0 aliphatic rings. The molecule has 0 radical (unpaired) electrons.